The van der Waals surface area contributed by atoms with Gasteiger partial charge < -0.3 is 10.2 Å². The lowest BCUT2D eigenvalue weighted by Crippen LogP contribution is -2.41. The molecule has 0 saturated heterocycles. The summed E-state index contributed by atoms with van der Waals surface area (Å²) in [5.41, 5.74) is 5.87. The fourth-order valence-corrected chi connectivity index (χ4v) is 1.99. The molecular weight excluding hydrogens is 287 g/mol. The van der Waals surface area contributed by atoms with Gasteiger partial charge in [0.05, 0.1) is 0 Å². The SMILES string of the molecule is C#CC(Cc1ccc(Cc2ccc(F)cc2)o1)N(O)C(N)=O. The number of benzene rings is 1. The van der Waals surface area contributed by atoms with Crippen molar-refractivity contribution < 1.29 is 18.8 Å². The quantitative estimate of drug-likeness (QED) is 0.505. The summed E-state index contributed by atoms with van der Waals surface area (Å²) in [5, 5.41) is 9.75. The van der Waals surface area contributed by atoms with Crippen molar-refractivity contribution in [3.8, 4) is 12.3 Å². The van der Waals surface area contributed by atoms with Crippen molar-refractivity contribution in [3.63, 3.8) is 0 Å². The zero-order chi connectivity index (χ0) is 16.1. The fourth-order valence-electron chi connectivity index (χ4n) is 1.99. The van der Waals surface area contributed by atoms with Crippen LogP contribution in [0.5, 0.6) is 0 Å². The molecule has 0 aliphatic carbocycles. The van der Waals surface area contributed by atoms with Crippen LogP contribution >= 0.6 is 0 Å². The first-order valence-corrected chi connectivity index (χ1v) is 6.55. The molecule has 6 heteroatoms. The molecule has 2 aromatic rings. The smallest absolute Gasteiger partial charge is 0.339 e. The van der Waals surface area contributed by atoms with Gasteiger partial charge >= 0.3 is 6.03 Å². The maximum absolute atomic E-state index is 12.8. The highest BCUT2D eigenvalue weighted by Gasteiger charge is 2.19. The molecule has 1 aromatic heterocycles. The summed E-state index contributed by atoms with van der Waals surface area (Å²) in [4.78, 5) is 10.9. The van der Waals surface area contributed by atoms with Gasteiger partial charge in [0.15, 0.2) is 0 Å². The van der Waals surface area contributed by atoms with Gasteiger partial charge in [0.25, 0.3) is 0 Å². The van der Waals surface area contributed by atoms with Crippen LogP contribution in [0.15, 0.2) is 40.8 Å². The van der Waals surface area contributed by atoms with Gasteiger partial charge in [0.1, 0.15) is 23.4 Å². The van der Waals surface area contributed by atoms with Crippen molar-refractivity contribution >= 4 is 6.03 Å². The Morgan fingerprint density at radius 2 is 1.95 bits per heavy atom. The Labute approximate surface area is 127 Å². The largest absolute Gasteiger partial charge is 0.466 e. The molecule has 114 valence electrons. The van der Waals surface area contributed by atoms with Gasteiger partial charge in [-0.05, 0) is 29.8 Å². The minimum atomic E-state index is -1.03. The molecule has 5 nitrogen and oxygen atoms in total. The summed E-state index contributed by atoms with van der Waals surface area (Å²) in [6.45, 7) is 0. The van der Waals surface area contributed by atoms with Gasteiger partial charge in [0, 0.05) is 12.8 Å². The highest BCUT2D eigenvalue weighted by Crippen LogP contribution is 2.16. The molecule has 0 fully saturated rings. The summed E-state index contributed by atoms with van der Waals surface area (Å²) < 4.78 is 18.4. The second kappa shape index (κ2) is 6.78. The number of terminal acetylenes is 1. The summed E-state index contributed by atoms with van der Waals surface area (Å²) >= 11 is 0. The maximum atomic E-state index is 12.8. The first-order chi connectivity index (χ1) is 10.5. The first kappa shape index (κ1) is 15.6. The van der Waals surface area contributed by atoms with Crippen LogP contribution in [0.4, 0.5) is 9.18 Å². The molecule has 0 aliphatic rings. The lowest BCUT2D eigenvalue weighted by Gasteiger charge is -2.18. The molecule has 0 bridgehead atoms. The number of hydrogen-bond donors (Lipinski definition) is 2. The summed E-state index contributed by atoms with van der Waals surface area (Å²) in [7, 11) is 0. The third kappa shape index (κ3) is 3.87. The van der Waals surface area contributed by atoms with E-state index in [0.29, 0.717) is 23.0 Å². The van der Waals surface area contributed by atoms with Crippen molar-refractivity contribution in [2.75, 3.05) is 0 Å². The van der Waals surface area contributed by atoms with Gasteiger partial charge in [0.2, 0.25) is 0 Å². The van der Waals surface area contributed by atoms with E-state index in [-0.39, 0.29) is 12.2 Å². The first-order valence-electron chi connectivity index (χ1n) is 6.55. The molecule has 1 unspecified atom stereocenters. The summed E-state index contributed by atoms with van der Waals surface area (Å²) in [6, 6.07) is 7.64. The number of nitrogens with zero attached hydrogens (tertiary/aromatic N) is 1. The van der Waals surface area contributed by atoms with E-state index in [1.807, 2.05) is 0 Å². The van der Waals surface area contributed by atoms with Crippen LogP contribution < -0.4 is 5.73 Å². The fraction of sp³-hybridized carbons (Fsp3) is 0.188. The number of rotatable bonds is 5. The Hall–Kier alpha value is -2.78. The Bertz CT molecular complexity index is 688. The normalized spacial score (nSPS) is 11.7. The maximum Gasteiger partial charge on any atom is 0.339 e. The van der Waals surface area contributed by atoms with Crippen molar-refractivity contribution in [1.29, 1.82) is 0 Å². The van der Waals surface area contributed by atoms with Crippen molar-refractivity contribution in [2.24, 2.45) is 5.73 Å². The van der Waals surface area contributed by atoms with Crippen LogP contribution in [-0.4, -0.2) is 22.3 Å². The topological polar surface area (TPSA) is 79.7 Å². The Morgan fingerprint density at radius 1 is 1.32 bits per heavy atom. The molecule has 0 spiro atoms. The average molecular weight is 302 g/mol. The lowest BCUT2D eigenvalue weighted by atomic mass is 10.1. The molecule has 2 rings (SSSR count). The predicted molar refractivity (Wildman–Crippen MR) is 77.4 cm³/mol. The molecule has 0 radical (unpaired) electrons. The second-order valence-electron chi connectivity index (χ2n) is 4.74. The van der Waals surface area contributed by atoms with E-state index < -0.39 is 12.1 Å². The monoisotopic (exact) mass is 302 g/mol. The van der Waals surface area contributed by atoms with Crippen molar-refractivity contribution in [2.45, 2.75) is 18.9 Å². The van der Waals surface area contributed by atoms with E-state index in [1.54, 1.807) is 24.3 Å². The Kier molecular flexibility index (Phi) is 4.81. The van der Waals surface area contributed by atoms with Gasteiger partial charge in [-0.1, -0.05) is 18.1 Å². The Morgan fingerprint density at radius 3 is 2.55 bits per heavy atom. The molecule has 3 N–H and O–H groups in total. The summed E-state index contributed by atoms with van der Waals surface area (Å²) in [6.07, 6.45) is 5.91. The molecule has 1 atom stereocenters. The number of primary amides is 1. The van der Waals surface area contributed by atoms with E-state index in [1.165, 1.54) is 12.1 Å². The zero-order valence-electron chi connectivity index (χ0n) is 11.7. The number of hydrogen-bond acceptors (Lipinski definition) is 3. The van der Waals surface area contributed by atoms with Gasteiger partial charge in [-0.25, -0.2) is 9.18 Å². The third-order valence-electron chi connectivity index (χ3n) is 3.12. The molecular formula is C16H15FN2O3. The van der Waals surface area contributed by atoms with E-state index in [9.17, 15) is 14.4 Å². The number of halogens is 1. The van der Waals surface area contributed by atoms with Crippen molar-refractivity contribution in [1.82, 2.24) is 5.06 Å². The molecule has 0 saturated carbocycles. The standard InChI is InChI=1S/C16H15FN2O3/c1-2-13(19(21)16(18)20)10-15-8-7-14(22-15)9-11-3-5-12(17)6-4-11/h1,3-8,13,21H,9-10H2,(H2,18,20). The molecule has 1 aromatic carbocycles. The van der Waals surface area contributed by atoms with Crippen LogP contribution in [0.25, 0.3) is 0 Å². The van der Waals surface area contributed by atoms with Gasteiger partial charge in [-0.15, -0.1) is 6.42 Å². The van der Waals surface area contributed by atoms with Crippen LogP contribution in [0.3, 0.4) is 0 Å². The van der Waals surface area contributed by atoms with E-state index >= 15 is 0 Å². The van der Waals surface area contributed by atoms with Crippen LogP contribution in [0.2, 0.25) is 0 Å². The molecule has 22 heavy (non-hydrogen) atoms. The minimum absolute atomic E-state index is 0.138. The highest BCUT2D eigenvalue weighted by molar-refractivity contribution is 5.71. The highest BCUT2D eigenvalue weighted by atomic mass is 19.1. The lowest BCUT2D eigenvalue weighted by molar-refractivity contribution is -0.0591. The summed E-state index contributed by atoms with van der Waals surface area (Å²) in [5.74, 6) is 3.16. The van der Waals surface area contributed by atoms with Crippen LogP contribution in [-0.2, 0) is 12.8 Å². The molecule has 1 heterocycles. The number of amides is 2. The van der Waals surface area contributed by atoms with Gasteiger partial charge in [-0.3, -0.25) is 5.21 Å². The van der Waals surface area contributed by atoms with E-state index in [4.69, 9.17) is 16.6 Å². The van der Waals surface area contributed by atoms with Crippen molar-refractivity contribution in [3.05, 3.63) is 59.3 Å². The van der Waals surface area contributed by atoms with Crippen LogP contribution in [0.1, 0.15) is 17.1 Å². The van der Waals surface area contributed by atoms with Gasteiger partial charge in [-0.2, -0.15) is 5.06 Å². The number of carbonyl (C=O) groups is 1. The van der Waals surface area contributed by atoms with E-state index in [2.05, 4.69) is 5.92 Å². The van der Waals surface area contributed by atoms with Crippen LogP contribution in [0, 0.1) is 18.2 Å². The Balaban J connectivity index is 2.03. The second-order valence-corrected chi connectivity index (χ2v) is 4.74. The predicted octanol–water partition coefficient (Wildman–Crippen LogP) is 2.32. The third-order valence-corrected chi connectivity index (χ3v) is 3.12. The number of furan rings is 1. The number of nitrogens with two attached hydrogens (primary N) is 1. The van der Waals surface area contributed by atoms with E-state index in [0.717, 1.165) is 5.56 Å². The molecule has 0 aliphatic heterocycles. The number of urea groups is 1. The number of carbonyl (C=O) groups excluding carboxylic acids is 1. The minimum Gasteiger partial charge on any atom is -0.466 e. The molecule has 2 amide bonds. The average Bonchev–Trinajstić information content (AvgIpc) is 2.93. The zero-order valence-corrected chi connectivity index (χ0v) is 11.7. The number of hydroxylamine groups is 2.